The molecule has 0 fully saturated rings. The average Bonchev–Trinajstić information content (AvgIpc) is 2.45. The zero-order valence-electron chi connectivity index (χ0n) is 12.2. The number of hydrogen-bond donors (Lipinski definition) is 2. The van der Waals surface area contributed by atoms with Crippen molar-refractivity contribution in [2.45, 2.75) is 26.3 Å². The number of methoxy groups -OCH3 is 1. The van der Waals surface area contributed by atoms with E-state index in [4.69, 9.17) is 4.74 Å². The van der Waals surface area contributed by atoms with Gasteiger partial charge >= 0.3 is 0 Å². The molecule has 0 heterocycles. The summed E-state index contributed by atoms with van der Waals surface area (Å²) in [5.74, 6) is 1.14. The number of rotatable bonds is 5. The summed E-state index contributed by atoms with van der Waals surface area (Å²) in [7, 11) is 1.55. The third kappa shape index (κ3) is 3.23. The highest BCUT2D eigenvalue weighted by Gasteiger charge is 2.06. The number of phenolic OH excluding ortho intramolecular Hbond substituents is 1. The minimum absolute atomic E-state index is 0.170. The summed E-state index contributed by atoms with van der Waals surface area (Å²) in [5.41, 5.74) is 3.45. The molecule has 2 aromatic rings. The Bertz CT molecular complexity index is 579. The van der Waals surface area contributed by atoms with E-state index in [2.05, 4.69) is 37.4 Å². The maximum atomic E-state index is 9.78. The van der Waals surface area contributed by atoms with E-state index < -0.39 is 0 Å². The van der Waals surface area contributed by atoms with Crippen molar-refractivity contribution in [2.24, 2.45) is 0 Å². The van der Waals surface area contributed by atoms with Crippen LogP contribution < -0.4 is 10.1 Å². The molecule has 0 aliphatic heterocycles. The molecule has 3 heteroatoms. The summed E-state index contributed by atoms with van der Waals surface area (Å²) >= 11 is 0. The quantitative estimate of drug-likeness (QED) is 0.859. The highest BCUT2D eigenvalue weighted by Crippen LogP contribution is 2.28. The van der Waals surface area contributed by atoms with Gasteiger partial charge in [0.15, 0.2) is 11.5 Å². The smallest absolute Gasteiger partial charge is 0.160 e. The van der Waals surface area contributed by atoms with E-state index in [9.17, 15) is 5.11 Å². The molecule has 0 unspecified atom stereocenters. The average molecular weight is 271 g/mol. The van der Waals surface area contributed by atoms with E-state index >= 15 is 0 Å². The lowest BCUT2D eigenvalue weighted by molar-refractivity contribution is 0.373. The Labute approximate surface area is 120 Å². The van der Waals surface area contributed by atoms with Crippen molar-refractivity contribution in [2.75, 3.05) is 12.4 Å². The number of aromatic hydroxyl groups is 1. The summed E-state index contributed by atoms with van der Waals surface area (Å²) in [4.78, 5) is 0. The number of ether oxygens (including phenoxy) is 1. The summed E-state index contributed by atoms with van der Waals surface area (Å²) in [6.07, 6.45) is 0. The molecule has 0 radical (unpaired) electrons. The van der Waals surface area contributed by atoms with Gasteiger partial charge in [-0.25, -0.2) is 0 Å². The molecule has 0 aromatic heterocycles. The van der Waals surface area contributed by atoms with Crippen molar-refractivity contribution in [1.29, 1.82) is 0 Å². The minimum atomic E-state index is 0.170. The molecule has 0 spiro atoms. The summed E-state index contributed by atoms with van der Waals surface area (Å²) in [6, 6.07) is 13.8. The Morgan fingerprint density at radius 1 is 1.15 bits per heavy atom. The lowest BCUT2D eigenvalue weighted by atomic mass is 10.0. The molecule has 0 saturated heterocycles. The third-order valence-electron chi connectivity index (χ3n) is 3.31. The molecule has 3 nitrogen and oxygen atoms in total. The maximum absolute atomic E-state index is 9.78. The van der Waals surface area contributed by atoms with Crippen molar-refractivity contribution in [3.05, 3.63) is 53.6 Å². The second-order valence-electron chi connectivity index (χ2n) is 5.10. The largest absolute Gasteiger partial charge is 0.504 e. The molecular formula is C17H21NO2. The Hall–Kier alpha value is -2.16. The van der Waals surface area contributed by atoms with Crippen molar-refractivity contribution in [3.8, 4) is 11.5 Å². The van der Waals surface area contributed by atoms with Gasteiger partial charge in [0.2, 0.25) is 0 Å². The third-order valence-corrected chi connectivity index (χ3v) is 3.31. The Balaban J connectivity index is 2.11. The number of nitrogens with one attached hydrogen (secondary N) is 1. The first-order valence-electron chi connectivity index (χ1n) is 6.80. The molecule has 0 amide bonds. The number of para-hydroxylation sites is 1. The molecule has 0 aliphatic carbocycles. The van der Waals surface area contributed by atoms with Crippen LogP contribution in [-0.4, -0.2) is 12.2 Å². The molecule has 2 N–H and O–H groups in total. The van der Waals surface area contributed by atoms with Crippen molar-refractivity contribution >= 4 is 5.69 Å². The van der Waals surface area contributed by atoms with Crippen LogP contribution in [0.4, 0.5) is 5.69 Å². The lowest BCUT2D eigenvalue weighted by Gasteiger charge is -2.15. The fraction of sp³-hybridized carbons (Fsp3) is 0.294. The van der Waals surface area contributed by atoms with E-state index in [0.29, 0.717) is 18.2 Å². The first-order valence-corrected chi connectivity index (χ1v) is 6.80. The minimum Gasteiger partial charge on any atom is -0.504 e. The molecule has 0 saturated carbocycles. The summed E-state index contributed by atoms with van der Waals surface area (Å²) < 4.78 is 5.04. The van der Waals surface area contributed by atoms with Gasteiger partial charge in [0.05, 0.1) is 7.11 Å². The molecule has 2 aromatic carbocycles. The number of phenols is 1. The highest BCUT2D eigenvalue weighted by molar-refractivity contribution is 5.53. The standard InChI is InChI=1S/C17H21NO2/c1-12(2)14-6-4-5-7-15(14)18-11-13-8-9-17(20-3)16(19)10-13/h4-10,12,18-19H,11H2,1-3H3. The molecule has 106 valence electrons. The summed E-state index contributed by atoms with van der Waals surface area (Å²) in [6.45, 7) is 5.03. The zero-order chi connectivity index (χ0) is 14.5. The van der Waals surface area contributed by atoms with Gasteiger partial charge in [0.1, 0.15) is 0 Å². The van der Waals surface area contributed by atoms with Gasteiger partial charge in [-0.15, -0.1) is 0 Å². The van der Waals surface area contributed by atoms with Gasteiger partial charge in [-0.1, -0.05) is 38.1 Å². The zero-order valence-corrected chi connectivity index (χ0v) is 12.2. The van der Waals surface area contributed by atoms with Crippen molar-refractivity contribution < 1.29 is 9.84 Å². The van der Waals surface area contributed by atoms with E-state index in [1.54, 1.807) is 19.2 Å². The van der Waals surface area contributed by atoms with Crippen LogP contribution in [0.2, 0.25) is 0 Å². The molecule has 20 heavy (non-hydrogen) atoms. The fourth-order valence-corrected chi connectivity index (χ4v) is 2.20. The van der Waals surface area contributed by atoms with Gasteiger partial charge in [0, 0.05) is 12.2 Å². The van der Waals surface area contributed by atoms with Crippen LogP contribution in [-0.2, 0) is 6.54 Å². The predicted octanol–water partition coefficient (Wildman–Crippen LogP) is 4.14. The van der Waals surface area contributed by atoms with Gasteiger partial charge < -0.3 is 15.2 Å². The molecule has 0 atom stereocenters. The van der Waals surface area contributed by atoms with Crippen LogP contribution >= 0.6 is 0 Å². The van der Waals surface area contributed by atoms with Crippen LogP contribution in [0.5, 0.6) is 11.5 Å². The summed E-state index contributed by atoms with van der Waals surface area (Å²) in [5, 5.41) is 13.2. The van der Waals surface area contributed by atoms with Gasteiger partial charge in [0.25, 0.3) is 0 Å². The number of benzene rings is 2. The van der Waals surface area contributed by atoms with E-state index in [-0.39, 0.29) is 5.75 Å². The number of anilines is 1. The topological polar surface area (TPSA) is 41.5 Å². The second-order valence-corrected chi connectivity index (χ2v) is 5.10. The van der Waals surface area contributed by atoms with Crippen molar-refractivity contribution in [1.82, 2.24) is 0 Å². The molecular weight excluding hydrogens is 250 g/mol. The monoisotopic (exact) mass is 271 g/mol. The second kappa shape index (κ2) is 6.33. The van der Waals surface area contributed by atoms with Crippen LogP contribution in [0.3, 0.4) is 0 Å². The van der Waals surface area contributed by atoms with Crippen LogP contribution in [0.25, 0.3) is 0 Å². The fourth-order valence-electron chi connectivity index (χ4n) is 2.20. The van der Waals surface area contributed by atoms with E-state index in [0.717, 1.165) is 11.3 Å². The van der Waals surface area contributed by atoms with E-state index in [1.807, 2.05) is 12.1 Å². The van der Waals surface area contributed by atoms with E-state index in [1.165, 1.54) is 5.56 Å². The first kappa shape index (κ1) is 14.3. The molecule has 0 aliphatic rings. The Kier molecular flexibility index (Phi) is 4.51. The van der Waals surface area contributed by atoms with Crippen molar-refractivity contribution in [3.63, 3.8) is 0 Å². The Morgan fingerprint density at radius 2 is 1.90 bits per heavy atom. The van der Waals surface area contributed by atoms with Gasteiger partial charge in [-0.3, -0.25) is 0 Å². The highest BCUT2D eigenvalue weighted by atomic mass is 16.5. The normalized spacial score (nSPS) is 10.6. The molecule has 2 rings (SSSR count). The lowest BCUT2D eigenvalue weighted by Crippen LogP contribution is -2.03. The van der Waals surface area contributed by atoms with Crippen LogP contribution in [0.15, 0.2) is 42.5 Å². The number of hydrogen-bond acceptors (Lipinski definition) is 3. The van der Waals surface area contributed by atoms with Crippen LogP contribution in [0, 0.1) is 0 Å². The van der Waals surface area contributed by atoms with Gasteiger partial charge in [-0.2, -0.15) is 0 Å². The van der Waals surface area contributed by atoms with Crippen LogP contribution in [0.1, 0.15) is 30.9 Å². The first-order chi connectivity index (χ1) is 9.61. The SMILES string of the molecule is COc1ccc(CNc2ccccc2C(C)C)cc1O. The predicted molar refractivity (Wildman–Crippen MR) is 82.5 cm³/mol. The van der Waals surface area contributed by atoms with Gasteiger partial charge in [-0.05, 0) is 35.2 Å². The maximum Gasteiger partial charge on any atom is 0.160 e. The Morgan fingerprint density at radius 3 is 2.55 bits per heavy atom. The molecule has 0 bridgehead atoms.